The van der Waals surface area contributed by atoms with E-state index in [-0.39, 0.29) is 18.0 Å². The highest BCUT2D eigenvalue weighted by Crippen LogP contribution is 2.34. The van der Waals surface area contributed by atoms with E-state index in [2.05, 4.69) is 21.2 Å². The van der Waals surface area contributed by atoms with Crippen LogP contribution >= 0.6 is 15.9 Å². The minimum Gasteiger partial charge on any atom is -0.326 e. The van der Waals surface area contributed by atoms with Crippen LogP contribution in [-0.2, 0) is 11.0 Å². The van der Waals surface area contributed by atoms with Gasteiger partial charge in [-0.3, -0.25) is 4.79 Å². The Morgan fingerprint density at radius 2 is 1.84 bits per heavy atom. The third kappa shape index (κ3) is 5.63. The molecular formula is C13H15BrF3NO. The predicted molar refractivity (Wildman–Crippen MR) is 72.3 cm³/mol. The van der Waals surface area contributed by atoms with Crippen molar-refractivity contribution in [2.24, 2.45) is 0 Å². The highest BCUT2D eigenvalue weighted by molar-refractivity contribution is 9.09. The summed E-state index contributed by atoms with van der Waals surface area (Å²) >= 11 is 3.28. The lowest BCUT2D eigenvalue weighted by Gasteiger charge is -2.13. The van der Waals surface area contributed by atoms with Gasteiger partial charge in [0.25, 0.3) is 0 Å². The van der Waals surface area contributed by atoms with E-state index in [4.69, 9.17) is 0 Å². The number of para-hydroxylation sites is 1. The second-order valence-electron chi connectivity index (χ2n) is 4.09. The van der Waals surface area contributed by atoms with E-state index in [0.29, 0.717) is 6.42 Å². The van der Waals surface area contributed by atoms with Crippen molar-refractivity contribution in [3.8, 4) is 0 Å². The smallest absolute Gasteiger partial charge is 0.326 e. The maximum atomic E-state index is 12.7. The molecule has 0 saturated heterocycles. The molecule has 1 amide bonds. The molecule has 2 nitrogen and oxygen atoms in total. The van der Waals surface area contributed by atoms with Gasteiger partial charge < -0.3 is 5.32 Å². The fraction of sp³-hybridized carbons (Fsp3) is 0.462. The SMILES string of the molecule is O=C(CCCCCBr)Nc1ccccc1C(F)(F)F. The molecule has 0 unspecified atom stereocenters. The average molecular weight is 338 g/mol. The number of nitrogens with one attached hydrogen (secondary N) is 1. The molecule has 0 heterocycles. The average Bonchev–Trinajstić information content (AvgIpc) is 2.34. The highest BCUT2D eigenvalue weighted by Gasteiger charge is 2.33. The van der Waals surface area contributed by atoms with Crippen molar-refractivity contribution in [3.05, 3.63) is 29.8 Å². The quantitative estimate of drug-likeness (QED) is 0.596. The van der Waals surface area contributed by atoms with Gasteiger partial charge in [-0.1, -0.05) is 34.5 Å². The standard InChI is InChI=1S/C13H15BrF3NO/c14-9-5-1-2-8-12(19)18-11-7-4-3-6-10(11)13(15,16)17/h3-4,6-7H,1-2,5,8-9H2,(H,18,19). The zero-order valence-electron chi connectivity index (χ0n) is 10.3. The molecule has 1 N–H and O–H groups in total. The summed E-state index contributed by atoms with van der Waals surface area (Å²) in [4.78, 5) is 11.6. The van der Waals surface area contributed by atoms with Crippen molar-refractivity contribution in [2.45, 2.75) is 31.9 Å². The summed E-state index contributed by atoms with van der Waals surface area (Å²) in [6, 6.07) is 4.99. The van der Waals surface area contributed by atoms with Gasteiger partial charge in [-0.05, 0) is 25.0 Å². The Morgan fingerprint density at radius 1 is 1.16 bits per heavy atom. The number of alkyl halides is 4. The molecular weight excluding hydrogens is 323 g/mol. The lowest BCUT2D eigenvalue weighted by molar-refractivity contribution is -0.137. The summed E-state index contributed by atoms with van der Waals surface area (Å²) in [6.45, 7) is 0. The molecule has 0 bridgehead atoms. The summed E-state index contributed by atoms with van der Waals surface area (Å²) < 4.78 is 38.1. The van der Waals surface area contributed by atoms with E-state index in [0.717, 1.165) is 24.2 Å². The van der Waals surface area contributed by atoms with E-state index >= 15 is 0 Å². The Morgan fingerprint density at radius 3 is 2.47 bits per heavy atom. The van der Waals surface area contributed by atoms with Gasteiger partial charge >= 0.3 is 6.18 Å². The molecule has 0 radical (unpaired) electrons. The Hall–Kier alpha value is -1.04. The normalized spacial score (nSPS) is 11.4. The predicted octanol–water partition coefficient (Wildman–Crippen LogP) is 4.60. The van der Waals surface area contributed by atoms with Crippen LogP contribution in [0.1, 0.15) is 31.2 Å². The third-order valence-corrected chi connectivity index (χ3v) is 3.10. The first-order valence-electron chi connectivity index (χ1n) is 5.97. The van der Waals surface area contributed by atoms with Gasteiger partial charge in [0.15, 0.2) is 0 Å². The van der Waals surface area contributed by atoms with Crippen LogP contribution in [0.25, 0.3) is 0 Å². The topological polar surface area (TPSA) is 29.1 Å². The van der Waals surface area contributed by atoms with Crippen LogP contribution in [0.2, 0.25) is 0 Å². The summed E-state index contributed by atoms with van der Waals surface area (Å²) in [6.07, 6.45) is -1.73. The molecule has 0 saturated carbocycles. The van der Waals surface area contributed by atoms with Gasteiger partial charge in [-0.2, -0.15) is 13.2 Å². The fourth-order valence-electron chi connectivity index (χ4n) is 1.61. The Balaban J connectivity index is 2.59. The number of benzene rings is 1. The Bertz CT molecular complexity index is 421. The lowest BCUT2D eigenvalue weighted by Crippen LogP contribution is -2.16. The summed E-state index contributed by atoms with van der Waals surface area (Å²) in [5.74, 6) is -0.383. The highest BCUT2D eigenvalue weighted by atomic mass is 79.9. The number of hydrogen-bond donors (Lipinski definition) is 1. The maximum absolute atomic E-state index is 12.7. The minimum absolute atomic E-state index is 0.180. The van der Waals surface area contributed by atoms with Crippen LogP contribution in [0.4, 0.5) is 18.9 Å². The van der Waals surface area contributed by atoms with Crippen molar-refractivity contribution >= 4 is 27.5 Å². The Kier molecular flexibility index (Phi) is 6.34. The zero-order valence-corrected chi connectivity index (χ0v) is 11.9. The van der Waals surface area contributed by atoms with Gasteiger partial charge in [0.2, 0.25) is 5.91 Å². The van der Waals surface area contributed by atoms with Crippen LogP contribution < -0.4 is 5.32 Å². The van der Waals surface area contributed by atoms with Crippen molar-refractivity contribution in [1.82, 2.24) is 0 Å². The fourth-order valence-corrected chi connectivity index (χ4v) is 2.01. The van der Waals surface area contributed by atoms with Crippen molar-refractivity contribution < 1.29 is 18.0 Å². The maximum Gasteiger partial charge on any atom is 0.418 e. The molecule has 1 aromatic carbocycles. The van der Waals surface area contributed by atoms with Crippen molar-refractivity contribution in [3.63, 3.8) is 0 Å². The third-order valence-electron chi connectivity index (χ3n) is 2.54. The van der Waals surface area contributed by atoms with E-state index in [1.54, 1.807) is 0 Å². The number of hydrogen-bond acceptors (Lipinski definition) is 1. The van der Waals surface area contributed by atoms with Crippen LogP contribution in [0.15, 0.2) is 24.3 Å². The van der Waals surface area contributed by atoms with Gasteiger partial charge in [0.05, 0.1) is 11.3 Å². The summed E-state index contributed by atoms with van der Waals surface area (Å²) in [5, 5.41) is 3.19. The molecule has 0 atom stereocenters. The van der Waals surface area contributed by atoms with Gasteiger partial charge in [-0.25, -0.2) is 0 Å². The number of anilines is 1. The molecule has 1 rings (SSSR count). The molecule has 106 valence electrons. The number of amides is 1. The lowest BCUT2D eigenvalue weighted by atomic mass is 10.1. The van der Waals surface area contributed by atoms with E-state index in [1.165, 1.54) is 18.2 Å². The molecule has 0 spiro atoms. The van der Waals surface area contributed by atoms with Crippen LogP contribution in [0.5, 0.6) is 0 Å². The zero-order chi connectivity index (χ0) is 14.3. The summed E-state index contributed by atoms with van der Waals surface area (Å²) in [5.41, 5.74) is -0.996. The molecule has 1 aromatic rings. The van der Waals surface area contributed by atoms with Crippen molar-refractivity contribution in [2.75, 3.05) is 10.6 Å². The molecule has 0 aliphatic heterocycles. The summed E-state index contributed by atoms with van der Waals surface area (Å²) in [7, 11) is 0. The second kappa shape index (κ2) is 7.53. The number of halogens is 4. The van der Waals surface area contributed by atoms with Gasteiger partial charge in [0, 0.05) is 11.8 Å². The van der Waals surface area contributed by atoms with Gasteiger partial charge in [0.1, 0.15) is 0 Å². The largest absolute Gasteiger partial charge is 0.418 e. The number of carbonyl (C=O) groups excluding carboxylic acids is 1. The molecule has 0 fully saturated rings. The van der Waals surface area contributed by atoms with Crippen LogP contribution in [-0.4, -0.2) is 11.2 Å². The van der Waals surface area contributed by atoms with Crippen LogP contribution in [0, 0.1) is 0 Å². The van der Waals surface area contributed by atoms with E-state index in [1.807, 2.05) is 0 Å². The molecule has 6 heteroatoms. The first kappa shape index (κ1) is 16.0. The number of rotatable bonds is 6. The van der Waals surface area contributed by atoms with Gasteiger partial charge in [-0.15, -0.1) is 0 Å². The first-order valence-corrected chi connectivity index (χ1v) is 7.09. The number of unbranched alkanes of at least 4 members (excludes halogenated alkanes) is 2. The Labute approximate surface area is 118 Å². The monoisotopic (exact) mass is 337 g/mol. The minimum atomic E-state index is -4.46. The molecule has 0 aliphatic rings. The first-order chi connectivity index (χ1) is 8.95. The molecule has 19 heavy (non-hydrogen) atoms. The van der Waals surface area contributed by atoms with E-state index in [9.17, 15) is 18.0 Å². The molecule has 0 aromatic heterocycles. The number of carbonyl (C=O) groups is 1. The molecule has 0 aliphatic carbocycles. The van der Waals surface area contributed by atoms with Crippen LogP contribution in [0.3, 0.4) is 0 Å². The van der Waals surface area contributed by atoms with Crippen molar-refractivity contribution in [1.29, 1.82) is 0 Å². The van der Waals surface area contributed by atoms with E-state index < -0.39 is 11.7 Å². The second-order valence-corrected chi connectivity index (χ2v) is 4.88.